The molecule has 0 aromatic carbocycles. The molecule has 0 aromatic heterocycles. The largest absolute Gasteiger partial charge is 0.383 e. The topological polar surface area (TPSA) is 64.8 Å². The standard InChI is InChI=1S/C10H20N2O3/c1-14-7-5-12-6-8-15-9(10(12)13)3-2-4-11/h9H,2-8,11H2,1H3. The molecule has 1 fully saturated rings. The van der Waals surface area contributed by atoms with Crippen LogP contribution >= 0.6 is 0 Å². The number of rotatable bonds is 6. The molecule has 1 aliphatic rings. The smallest absolute Gasteiger partial charge is 0.251 e. The van der Waals surface area contributed by atoms with Crippen molar-refractivity contribution in [3.05, 3.63) is 0 Å². The molecule has 5 heteroatoms. The van der Waals surface area contributed by atoms with Gasteiger partial charge in [-0.25, -0.2) is 0 Å². The molecule has 1 saturated heterocycles. The second-order valence-electron chi connectivity index (χ2n) is 3.61. The van der Waals surface area contributed by atoms with Crippen LogP contribution < -0.4 is 5.73 Å². The number of hydrogen-bond donors (Lipinski definition) is 1. The van der Waals surface area contributed by atoms with Crippen molar-refractivity contribution in [3.63, 3.8) is 0 Å². The number of morpholine rings is 1. The number of amides is 1. The molecule has 1 heterocycles. The van der Waals surface area contributed by atoms with E-state index in [9.17, 15) is 4.79 Å². The molecule has 2 N–H and O–H groups in total. The fraction of sp³-hybridized carbons (Fsp3) is 0.900. The third-order valence-electron chi connectivity index (χ3n) is 2.50. The van der Waals surface area contributed by atoms with Crippen LogP contribution in [0.15, 0.2) is 0 Å². The highest BCUT2D eigenvalue weighted by atomic mass is 16.5. The zero-order valence-corrected chi connectivity index (χ0v) is 9.28. The van der Waals surface area contributed by atoms with E-state index >= 15 is 0 Å². The van der Waals surface area contributed by atoms with E-state index in [-0.39, 0.29) is 12.0 Å². The summed E-state index contributed by atoms with van der Waals surface area (Å²) in [5.41, 5.74) is 5.41. The highest BCUT2D eigenvalue weighted by molar-refractivity contribution is 5.81. The van der Waals surface area contributed by atoms with Crippen LogP contribution in [0.2, 0.25) is 0 Å². The van der Waals surface area contributed by atoms with Crippen molar-refractivity contribution in [2.75, 3.05) is 40.0 Å². The van der Waals surface area contributed by atoms with Gasteiger partial charge in [0.2, 0.25) is 0 Å². The van der Waals surface area contributed by atoms with Gasteiger partial charge in [-0.3, -0.25) is 4.79 Å². The van der Waals surface area contributed by atoms with E-state index in [1.165, 1.54) is 0 Å². The Morgan fingerprint density at radius 1 is 1.67 bits per heavy atom. The highest BCUT2D eigenvalue weighted by Gasteiger charge is 2.28. The fourth-order valence-corrected chi connectivity index (χ4v) is 1.62. The van der Waals surface area contributed by atoms with Gasteiger partial charge in [0.1, 0.15) is 6.10 Å². The Hall–Kier alpha value is -0.650. The van der Waals surface area contributed by atoms with E-state index in [1.807, 2.05) is 0 Å². The highest BCUT2D eigenvalue weighted by Crippen LogP contribution is 2.11. The number of hydrogen-bond acceptors (Lipinski definition) is 4. The average molecular weight is 216 g/mol. The van der Waals surface area contributed by atoms with Crippen molar-refractivity contribution in [1.82, 2.24) is 4.90 Å². The predicted octanol–water partition coefficient (Wildman–Crippen LogP) is -0.401. The molecule has 15 heavy (non-hydrogen) atoms. The molecule has 0 bridgehead atoms. The van der Waals surface area contributed by atoms with E-state index in [4.69, 9.17) is 15.2 Å². The Kier molecular flexibility index (Phi) is 5.60. The van der Waals surface area contributed by atoms with Gasteiger partial charge in [0.25, 0.3) is 5.91 Å². The molecule has 1 atom stereocenters. The van der Waals surface area contributed by atoms with Gasteiger partial charge in [-0.15, -0.1) is 0 Å². The van der Waals surface area contributed by atoms with Crippen molar-refractivity contribution in [2.45, 2.75) is 18.9 Å². The Labute approximate surface area is 90.5 Å². The molecule has 0 aliphatic carbocycles. The summed E-state index contributed by atoms with van der Waals surface area (Å²) >= 11 is 0. The maximum atomic E-state index is 11.8. The minimum absolute atomic E-state index is 0.0757. The first-order chi connectivity index (χ1) is 7.29. The van der Waals surface area contributed by atoms with Gasteiger partial charge in [0.05, 0.1) is 13.2 Å². The summed E-state index contributed by atoms with van der Waals surface area (Å²) in [6.07, 6.45) is 1.26. The maximum Gasteiger partial charge on any atom is 0.251 e. The molecular weight excluding hydrogens is 196 g/mol. The van der Waals surface area contributed by atoms with Crippen LogP contribution in [0.3, 0.4) is 0 Å². The van der Waals surface area contributed by atoms with Crippen molar-refractivity contribution in [2.24, 2.45) is 5.73 Å². The van der Waals surface area contributed by atoms with Crippen LogP contribution in [-0.2, 0) is 14.3 Å². The summed E-state index contributed by atoms with van der Waals surface area (Å²) < 4.78 is 10.4. The first-order valence-corrected chi connectivity index (χ1v) is 5.39. The van der Waals surface area contributed by atoms with Crippen molar-refractivity contribution >= 4 is 5.91 Å². The van der Waals surface area contributed by atoms with E-state index in [0.29, 0.717) is 32.8 Å². The lowest BCUT2D eigenvalue weighted by molar-refractivity contribution is -0.154. The molecule has 1 aliphatic heterocycles. The Morgan fingerprint density at radius 2 is 2.47 bits per heavy atom. The van der Waals surface area contributed by atoms with Crippen LogP contribution in [0, 0.1) is 0 Å². The van der Waals surface area contributed by atoms with Gasteiger partial charge in [-0.05, 0) is 19.4 Å². The van der Waals surface area contributed by atoms with Crippen molar-refractivity contribution in [3.8, 4) is 0 Å². The Morgan fingerprint density at radius 3 is 3.13 bits per heavy atom. The van der Waals surface area contributed by atoms with Crippen molar-refractivity contribution in [1.29, 1.82) is 0 Å². The molecule has 1 rings (SSSR count). The van der Waals surface area contributed by atoms with Crippen LogP contribution in [0.25, 0.3) is 0 Å². The van der Waals surface area contributed by atoms with Gasteiger partial charge >= 0.3 is 0 Å². The number of nitrogens with two attached hydrogens (primary N) is 1. The maximum absolute atomic E-state index is 11.8. The van der Waals surface area contributed by atoms with Gasteiger partial charge < -0.3 is 20.1 Å². The number of carbonyl (C=O) groups is 1. The summed E-state index contributed by atoms with van der Waals surface area (Å²) in [5.74, 6) is 0.0757. The molecule has 88 valence electrons. The van der Waals surface area contributed by atoms with Gasteiger partial charge in [0.15, 0.2) is 0 Å². The zero-order chi connectivity index (χ0) is 11.1. The van der Waals surface area contributed by atoms with Crippen molar-refractivity contribution < 1.29 is 14.3 Å². The number of ether oxygens (including phenoxy) is 2. The summed E-state index contributed by atoms with van der Waals surface area (Å²) in [5, 5.41) is 0. The van der Waals surface area contributed by atoms with Crippen LogP contribution in [0.1, 0.15) is 12.8 Å². The second-order valence-corrected chi connectivity index (χ2v) is 3.61. The molecule has 0 radical (unpaired) electrons. The Balaban J connectivity index is 2.36. The molecule has 1 amide bonds. The second kappa shape index (κ2) is 6.76. The summed E-state index contributed by atoms with van der Waals surface area (Å²) in [4.78, 5) is 13.6. The minimum Gasteiger partial charge on any atom is -0.383 e. The van der Waals surface area contributed by atoms with Gasteiger partial charge in [-0.2, -0.15) is 0 Å². The average Bonchev–Trinajstić information content (AvgIpc) is 2.26. The zero-order valence-electron chi connectivity index (χ0n) is 9.28. The SMILES string of the molecule is COCCN1CCOC(CCCN)C1=O. The monoisotopic (exact) mass is 216 g/mol. The molecule has 5 nitrogen and oxygen atoms in total. The third-order valence-corrected chi connectivity index (χ3v) is 2.50. The van der Waals surface area contributed by atoms with Gasteiger partial charge in [0, 0.05) is 20.2 Å². The first-order valence-electron chi connectivity index (χ1n) is 5.39. The molecule has 0 saturated carbocycles. The van der Waals surface area contributed by atoms with E-state index in [1.54, 1.807) is 12.0 Å². The molecule has 0 aromatic rings. The quantitative estimate of drug-likeness (QED) is 0.656. The minimum atomic E-state index is -0.292. The van der Waals surface area contributed by atoms with E-state index in [0.717, 1.165) is 12.8 Å². The lowest BCUT2D eigenvalue weighted by Gasteiger charge is -2.32. The fourth-order valence-electron chi connectivity index (χ4n) is 1.62. The number of carbonyl (C=O) groups excluding carboxylic acids is 1. The van der Waals surface area contributed by atoms with Gasteiger partial charge in [-0.1, -0.05) is 0 Å². The van der Waals surface area contributed by atoms with E-state index in [2.05, 4.69) is 0 Å². The first kappa shape index (κ1) is 12.4. The predicted molar refractivity (Wildman–Crippen MR) is 56.5 cm³/mol. The van der Waals surface area contributed by atoms with E-state index < -0.39 is 0 Å². The number of nitrogens with zero attached hydrogens (tertiary/aromatic N) is 1. The molecular formula is C10H20N2O3. The lowest BCUT2D eigenvalue weighted by Crippen LogP contribution is -2.48. The normalized spacial score (nSPS) is 22.1. The molecule has 0 spiro atoms. The number of methoxy groups -OCH3 is 1. The van der Waals surface area contributed by atoms with Crippen LogP contribution in [-0.4, -0.2) is 56.9 Å². The lowest BCUT2D eigenvalue weighted by atomic mass is 10.1. The Bertz CT molecular complexity index is 181. The summed E-state index contributed by atoms with van der Waals surface area (Å²) in [7, 11) is 1.64. The van der Waals surface area contributed by atoms with Crippen LogP contribution in [0.5, 0.6) is 0 Å². The summed E-state index contributed by atoms with van der Waals surface area (Å²) in [6.45, 7) is 3.12. The third kappa shape index (κ3) is 3.77. The molecule has 1 unspecified atom stereocenters. The van der Waals surface area contributed by atoms with Crippen LogP contribution in [0.4, 0.5) is 0 Å². The summed E-state index contributed by atoms with van der Waals surface area (Å²) in [6, 6.07) is 0.